The summed E-state index contributed by atoms with van der Waals surface area (Å²) in [6.07, 6.45) is 4.23. The highest BCUT2D eigenvalue weighted by Crippen LogP contribution is 2.29. The van der Waals surface area contributed by atoms with Crippen molar-refractivity contribution < 1.29 is 4.79 Å². The van der Waals surface area contributed by atoms with Crippen molar-refractivity contribution in [2.45, 2.75) is 45.1 Å². The number of benzene rings is 1. The summed E-state index contributed by atoms with van der Waals surface area (Å²) in [5, 5.41) is 11.8. The molecule has 1 saturated heterocycles. The van der Waals surface area contributed by atoms with Crippen LogP contribution in [-0.4, -0.2) is 38.8 Å². The summed E-state index contributed by atoms with van der Waals surface area (Å²) in [6.45, 7) is 4.51. The van der Waals surface area contributed by atoms with Crippen LogP contribution < -0.4 is 5.32 Å². The van der Waals surface area contributed by atoms with E-state index in [9.17, 15) is 4.79 Å². The van der Waals surface area contributed by atoms with Crippen molar-refractivity contribution in [1.82, 2.24) is 19.7 Å². The summed E-state index contributed by atoms with van der Waals surface area (Å²) < 4.78 is 3.22. The molecule has 1 atom stereocenters. The van der Waals surface area contributed by atoms with E-state index in [1.165, 1.54) is 0 Å². The largest absolute Gasteiger partial charge is 0.324 e. The van der Waals surface area contributed by atoms with Gasteiger partial charge in [0.15, 0.2) is 0 Å². The molecule has 2 amide bonds. The first-order chi connectivity index (χ1) is 12.1. The third kappa shape index (κ3) is 3.29. The first-order valence-electron chi connectivity index (χ1n) is 8.86. The Kier molecular flexibility index (Phi) is 4.50. The van der Waals surface area contributed by atoms with Crippen molar-refractivity contribution in [3.05, 3.63) is 39.9 Å². The number of halogens is 1. The maximum atomic E-state index is 12.7. The number of urea groups is 1. The van der Waals surface area contributed by atoms with Crippen LogP contribution in [0.15, 0.2) is 22.7 Å². The predicted molar refractivity (Wildman–Crippen MR) is 99.8 cm³/mol. The van der Waals surface area contributed by atoms with Crippen LogP contribution in [0.5, 0.6) is 0 Å². The monoisotopic (exact) mass is 403 g/mol. The Balaban J connectivity index is 1.47. The molecule has 1 fully saturated rings. The zero-order valence-electron chi connectivity index (χ0n) is 14.3. The van der Waals surface area contributed by atoms with Crippen molar-refractivity contribution in [1.29, 1.82) is 0 Å². The summed E-state index contributed by atoms with van der Waals surface area (Å²) in [5.74, 6) is 2.44. The number of nitrogens with zero attached hydrogens (tertiary/aromatic N) is 4. The highest BCUT2D eigenvalue weighted by atomic mass is 79.9. The average molecular weight is 404 g/mol. The van der Waals surface area contributed by atoms with Gasteiger partial charge in [-0.1, -0.05) is 22.0 Å². The fourth-order valence-electron chi connectivity index (χ4n) is 3.77. The average Bonchev–Trinajstić information content (AvgIpc) is 3.21. The number of carbonyl (C=O) groups is 1. The summed E-state index contributed by atoms with van der Waals surface area (Å²) in [4.78, 5) is 14.6. The second-order valence-electron chi connectivity index (χ2n) is 6.90. The zero-order chi connectivity index (χ0) is 17.4. The van der Waals surface area contributed by atoms with Crippen molar-refractivity contribution in [3.8, 4) is 0 Å². The molecule has 0 radical (unpaired) electrons. The Labute approximate surface area is 155 Å². The third-order valence-electron chi connectivity index (χ3n) is 5.15. The lowest BCUT2D eigenvalue weighted by Crippen LogP contribution is -2.42. The third-order valence-corrected chi connectivity index (χ3v) is 5.65. The predicted octanol–water partition coefficient (Wildman–Crippen LogP) is 3.71. The Morgan fingerprint density at radius 2 is 2.16 bits per heavy atom. The highest BCUT2D eigenvalue weighted by molar-refractivity contribution is 9.10. The second-order valence-corrected chi connectivity index (χ2v) is 7.82. The van der Waals surface area contributed by atoms with Gasteiger partial charge < -0.3 is 14.8 Å². The number of hydrogen-bond donors (Lipinski definition) is 1. The smallest absolute Gasteiger partial charge is 0.321 e. The quantitative estimate of drug-likeness (QED) is 0.830. The topological polar surface area (TPSA) is 63.1 Å². The molecule has 7 heteroatoms. The molecule has 6 nitrogen and oxygen atoms in total. The van der Waals surface area contributed by atoms with Gasteiger partial charge in [0.25, 0.3) is 0 Å². The molecule has 3 heterocycles. The number of likely N-dealkylation sites (tertiary alicyclic amines) is 1. The lowest BCUT2D eigenvalue weighted by Gasteiger charge is -2.32. The number of carbonyl (C=O) groups excluding carboxylic acids is 1. The van der Waals surface area contributed by atoms with E-state index in [4.69, 9.17) is 0 Å². The van der Waals surface area contributed by atoms with Gasteiger partial charge in [-0.2, -0.15) is 0 Å². The number of aromatic nitrogens is 3. The molecule has 0 saturated carbocycles. The number of fused-ring (bicyclic) bond motifs is 1. The molecule has 2 aliphatic heterocycles. The Bertz CT molecular complexity index is 803. The number of hydrogen-bond acceptors (Lipinski definition) is 3. The number of anilines is 1. The Hall–Kier alpha value is -1.89. The standard InChI is InChI=1S/C18H22BrN5O/c1-12-6-7-14(19)10-15(12)20-18(25)23-8-2-4-13(11-23)17-22-21-16-5-3-9-24(16)17/h6-7,10,13H,2-5,8-9,11H2,1H3,(H,20,25)/t13-/m1/s1. The van der Waals surface area contributed by atoms with Crippen LogP contribution in [0.1, 0.15) is 42.4 Å². The molecule has 1 aromatic carbocycles. The van der Waals surface area contributed by atoms with Crippen molar-refractivity contribution in [2.75, 3.05) is 18.4 Å². The number of piperidine rings is 1. The van der Waals surface area contributed by atoms with Crippen LogP contribution >= 0.6 is 15.9 Å². The fraction of sp³-hybridized carbons (Fsp3) is 0.500. The fourth-order valence-corrected chi connectivity index (χ4v) is 4.13. The maximum Gasteiger partial charge on any atom is 0.321 e. The molecule has 25 heavy (non-hydrogen) atoms. The van der Waals surface area contributed by atoms with Gasteiger partial charge in [-0.25, -0.2) is 4.79 Å². The number of amides is 2. The molecule has 1 N–H and O–H groups in total. The van der Waals surface area contributed by atoms with Gasteiger partial charge in [-0.05, 0) is 43.9 Å². The minimum Gasteiger partial charge on any atom is -0.324 e. The minimum atomic E-state index is -0.0351. The summed E-state index contributed by atoms with van der Waals surface area (Å²) in [7, 11) is 0. The highest BCUT2D eigenvalue weighted by Gasteiger charge is 2.30. The lowest BCUT2D eigenvalue weighted by molar-refractivity contribution is 0.190. The lowest BCUT2D eigenvalue weighted by atomic mass is 9.97. The molecule has 2 aromatic rings. The zero-order valence-corrected chi connectivity index (χ0v) is 15.9. The first kappa shape index (κ1) is 16.6. The van der Waals surface area contributed by atoms with Gasteiger partial charge in [-0.15, -0.1) is 10.2 Å². The van der Waals surface area contributed by atoms with Crippen LogP contribution in [0, 0.1) is 6.92 Å². The van der Waals surface area contributed by atoms with Gasteiger partial charge in [-0.3, -0.25) is 0 Å². The molecule has 2 aliphatic rings. The van der Waals surface area contributed by atoms with Crippen LogP contribution in [0.4, 0.5) is 10.5 Å². The Morgan fingerprint density at radius 3 is 3.04 bits per heavy atom. The van der Waals surface area contributed by atoms with E-state index in [0.29, 0.717) is 6.54 Å². The van der Waals surface area contributed by atoms with Gasteiger partial charge in [0, 0.05) is 42.1 Å². The van der Waals surface area contributed by atoms with E-state index in [1.807, 2.05) is 30.0 Å². The molecule has 0 aliphatic carbocycles. The first-order valence-corrected chi connectivity index (χ1v) is 9.65. The minimum absolute atomic E-state index is 0.0351. The van der Waals surface area contributed by atoms with E-state index < -0.39 is 0 Å². The van der Waals surface area contributed by atoms with E-state index in [-0.39, 0.29) is 11.9 Å². The van der Waals surface area contributed by atoms with Crippen LogP contribution in [0.2, 0.25) is 0 Å². The van der Waals surface area contributed by atoms with E-state index in [1.54, 1.807) is 0 Å². The normalized spacial score (nSPS) is 19.8. The van der Waals surface area contributed by atoms with Gasteiger partial charge in [0.2, 0.25) is 0 Å². The summed E-state index contributed by atoms with van der Waals surface area (Å²) in [5.41, 5.74) is 1.91. The van der Waals surface area contributed by atoms with E-state index >= 15 is 0 Å². The van der Waals surface area contributed by atoms with Gasteiger partial charge in [0.05, 0.1) is 0 Å². The molecular weight excluding hydrogens is 382 g/mol. The molecule has 132 valence electrons. The van der Waals surface area contributed by atoms with E-state index in [2.05, 4.69) is 36.0 Å². The van der Waals surface area contributed by atoms with E-state index in [0.717, 1.165) is 66.1 Å². The van der Waals surface area contributed by atoms with Crippen LogP contribution in [-0.2, 0) is 13.0 Å². The van der Waals surface area contributed by atoms with Crippen LogP contribution in [0.25, 0.3) is 0 Å². The maximum absolute atomic E-state index is 12.7. The second kappa shape index (κ2) is 6.78. The number of rotatable bonds is 2. The van der Waals surface area contributed by atoms with Crippen molar-refractivity contribution >= 4 is 27.6 Å². The van der Waals surface area contributed by atoms with Crippen LogP contribution in [0.3, 0.4) is 0 Å². The molecule has 4 rings (SSSR count). The molecule has 0 unspecified atom stereocenters. The van der Waals surface area contributed by atoms with Gasteiger partial charge in [0.1, 0.15) is 11.6 Å². The number of nitrogens with one attached hydrogen (secondary N) is 1. The summed E-state index contributed by atoms with van der Waals surface area (Å²) >= 11 is 3.46. The van der Waals surface area contributed by atoms with Crippen molar-refractivity contribution in [2.24, 2.45) is 0 Å². The number of aryl methyl sites for hydroxylation is 2. The van der Waals surface area contributed by atoms with Crippen molar-refractivity contribution in [3.63, 3.8) is 0 Å². The molecule has 0 bridgehead atoms. The summed E-state index contributed by atoms with van der Waals surface area (Å²) in [6, 6.07) is 5.89. The molecular formula is C18H22BrN5O. The van der Waals surface area contributed by atoms with Gasteiger partial charge >= 0.3 is 6.03 Å². The Morgan fingerprint density at radius 1 is 1.28 bits per heavy atom. The molecule has 0 spiro atoms. The SMILES string of the molecule is Cc1ccc(Br)cc1NC(=O)N1CCC[C@@H](c2nnc3n2CCC3)C1. The molecule has 1 aromatic heterocycles.